The molecule has 0 fully saturated rings. The Morgan fingerprint density at radius 1 is 1.26 bits per heavy atom. The van der Waals surface area contributed by atoms with Gasteiger partial charge in [-0.25, -0.2) is 5.06 Å². The van der Waals surface area contributed by atoms with E-state index in [2.05, 4.69) is 21.0 Å². The average Bonchev–Trinajstić information content (AvgIpc) is 2.92. The van der Waals surface area contributed by atoms with Crippen molar-refractivity contribution >= 4 is 32.7 Å². The Bertz CT molecular complexity index is 846. The van der Waals surface area contributed by atoms with Gasteiger partial charge in [0.1, 0.15) is 0 Å². The molecule has 0 aliphatic heterocycles. The lowest BCUT2D eigenvalue weighted by Gasteiger charge is -2.11. The summed E-state index contributed by atoms with van der Waals surface area (Å²) in [6, 6.07) is 15.8. The van der Waals surface area contributed by atoms with Crippen LogP contribution < -0.4 is 0 Å². The minimum absolute atomic E-state index is 0.276. The Hall–Kier alpha value is -2.18. The monoisotopic (exact) mass is 373 g/mol. The number of nitrogens with zero attached hydrogens (tertiary/aromatic N) is 3. The number of rotatable bonds is 4. The van der Waals surface area contributed by atoms with Crippen LogP contribution in [0.5, 0.6) is 0 Å². The highest BCUT2D eigenvalue weighted by atomic mass is 79.9. The number of fused-ring (bicyclic) bond motifs is 1. The number of halogens is 1. The summed E-state index contributed by atoms with van der Waals surface area (Å²) < 4.78 is 2.74. The van der Waals surface area contributed by atoms with Gasteiger partial charge in [-0.1, -0.05) is 46.3 Å². The van der Waals surface area contributed by atoms with Crippen LogP contribution in [0.3, 0.4) is 0 Å². The molecule has 118 valence electrons. The molecular weight excluding hydrogens is 358 g/mol. The van der Waals surface area contributed by atoms with E-state index in [-0.39, 0.29) is 5.91 Å². The highest BCUT2D eigenvalue weighted by molar-refractivity contribution is 9.10. The maximum Gasteiger partial charge on any atom is 0.298 e. The largest absolute Gasteiger partial charge is 0.298 e. The van der Waals surface area contributed by atoms with Gasteiger partial charge in [0.15, 0.2) is 5.69 Å². The Labute approximate surface area is 142 Å². The van der Waals surface area contributed by atoms with E-state index in [9.17, 15) is 4.79 Å². The minimum Gasteiger partial charge on any atom is -0.274 e. The minimum atomic E-state index is -0.276. The van der Waals surface area contributed by atoms with Gasteiger partial charge in [-0.3, -0.25) is 14.3 Å². The van der Waals surface area contributed by atoms with E-state index in [1.54, 1.807) is 7.05 Å². The van der Waals surface area contributed by atoms with E-state index in [0.717, 1.165) is 20.9 Å². The van der Waals surface area contributed by atoms with Crippen molar-refractivity contribution in [3.63, 3.8) is 0 Å². The fourth-order valence-electron chi connectivity index (χ4n) is 2.42. The Kier molecular flexibility index (Phi) is 4.45. The maximum atomic E-state index is 12.5. The number of carbonyl (C=O) groups excluding carboxylic acids is 1. The van der Waals surface area contributed by atoms with Gasteiger partial charge in [0, 0.05) is 16.9 Å². The molecule has 0 saturated carbocycles. The summed E-state index contributed by atoms with van der Waals surface area (Å²) >= 11 is 3.45. The van der Waals surface area contributed by atoms with Crippen LogP contribution in [-0.2, 0) is 11.4 Å². The van der Waals surface area contributed by atoms with Crippen LogP contribution in [0, 0.1) is 0 Å². The predicted molar refractivity (Wildman–Crippen MR) is 92.1 cm³/mol. The van der Waals surface area contributed by atoms with Crippen LogP contribution in [0.25, 0.3) is 10.9 Å². The van der Waals surface area contributed by atoms with Crippen LogP contribution in [0.2, 0.25) is 0 Å². The SMILES string of the molecule is CON(C)C(=O)c1nn(Cc2ccccc2)c2ccc(Br)cc12. The van der Waals surface area contributed by atoms with E-state index < -0.39 is 0 Å². The molecule has 1 aromatic heterocycles. The number of hydroxylamine groups is 2. The molecule has 6 heteroatoms. The first kappa shape index (κ1) is 15.7. The number of benzene rings is 2. The van der Waals surface area contributed by atoms with E-state index in [1.165, 1.54) is 12.2 Å². The molecule has 3 rings (SSSR count). The number of amides is 1. The molecule has 0 unspecified atom stereocenters. The summed E-state index contributed by atoms with van der Waals surface area (Å²) in [5.74, 6) is -0.276. The Morgan fingerprint density at radius 2 is 2.00 bits per heavy atom. The molecule has 2 aromatic carbocycles. The van der Waals surface area contributed by atoms with Gasteiger partial charge in [-0.15, -0.1) is 0 Å². The molecule has 23 heavy (non-hydrogen) atoms. The molecule has 1 amide bonds. The first-order valence-electron chi connectivity index (χ1n) is 7.12. The second kappa shape index (κ2) is 6.52. The third-order valence-corrected chi connectivity index (χ3v) is 4.14. The van der Waals surface area contributed by atoms with Gasteiger partial charge in [0.2, 0.25) is 0 Å². The fraction of sp³-hybridized carbons (Fsp3) is 0.176. The third-order valence-electron chi connectivity index (χ3n) is 3.65. The van der Waals surface area contributed by atoms with Gasteiger partial charge < -0.3 is 0 Å². The standard InChI is InChI=1S/C17H16BrN3O2/c1-20(23-2)17(22)16-14-10-13(18)8-9-15(14)21(19-16)11-12-6-4-3-5-7-12/h3-10H,11H2,1-2H3. The van der Waals surface area contributed by atoms with Crippen molar-refractivity contribution in [2.75, 3.05) is 14.2 Å². The van der Waals surface area contributed by atoms with Crippen LogP contribution >= 0.6 is 15.9 Å². The summed E-state index contributed by atoms with van der Waals surface area (Å²) in [7, 11) is 3.03. The van der Waals surface area contributed by atoms with Crippen molar-refractivity contribution in [2.45, 2.75) is 6.54 Å². The summed E-state index contributed by atoms with van der Waals surface area (Å²) in [6.07, 6.45) is 0. The van der Waals surface area contributed by atoms with E-state index >= 15 is 0 Å². The molecule has 0 spiro atoms. The summed E-state index contributed by atoms with van der Waals surface area (Å²) in [6.45, 7) is 0.600. The number of hydrogen-bond acceptors (Lipinski definition) is 3. The molecule has 0 atom stereocenters. The number of aromatic nitrogens is 2. The summed E-state index contributed by atoms with van der Waals surface area (Å²) in [4.78, 5) is 17.5. The summed E-state index contributed by atoms with van der Waals surface area (Å²) in [5.41, 5.74) is 2.41. The van der Waals surface area contributed by atoms with Crippen LogP contribution in [0.1, 0.15) is 16.1 Å². The molecule has 1 heterocycles. The van der Waals surface area contributed by atoms with Gasteiger partial charge in [0.25, 0.3) is 5.91 Å². The molecule has 0 N–H and O–H groups in total. The zero-order valence-corrected chi connectivity index (χ0v) is 14.4. The molecule has 5 nitrogen and oxygen atoms in total. The quantitative estimate of drug-likeness (QED) is 0.657. The second-order valence-corrected chi connectivity index (χ2v) is 6.05. The average molecular weight is 374 g/mol. The normalized spacial score (nSPS) is 10.9. The number of carbonyl (C=O) groups is 1. The topological polar surface area (TPSA) is 47.4 Å². The lowest BCUT2D eigenvalue weighted by molar-refractivity contribution is -0.0759. The Morgan fingerprint density at radius 3 is 2.70 bits per heavy atom. The fourth-order valence-corrected chi connectivity index (χ4v) is 2.78. The van der Waals surface area contributed by atoms with Crippen LogP contribution in [0.15, 0.2) is 53.0 Å². The molecule has 0 bridgehead atoms. The molecule has 0 radical (unpaired) electrons. The van der Waals surface area contributed by atoms with Crippen molar-refractivity contribution in [3.05, 3.63) is 64.3 Å². The first-order chi connectivity index (χ1) is 11.1. The molecule has 0 aliphatic carbocycles. The Balaban J connectivity index is 2.10. The third kappa shape index (κ3) is 3.13. The maximum absolute atomic E-state index is 12.5. The molecule has 0 saturated heterocycles. The van der Waals surface area contributed by atoms with Gasteiger partial charge >= 0.3 is 0 Å². The van der Waals surface area contributed by atoms with Crippen LogP contribution in [0.4, 0.5) is 0 Å². The van der Waals surface area contributed by atoms with E-state index in [0.29, 0.717) is 12.2 Å². The van der Waals surface area contributed by atoms with Crippen LogP contribution in [-0.4, -0.2) is 34.9 Å². The molecule has 3 aromatic rings. The first-order valence-corrected chi connectivity index (χ1v) is 7.91. The molecular formula is C17H16BrN3O2. The highest BCUT2D eigenvalue weighted by Gasteiger charge is 2.21. The van der Waals surface area contributed by atoms with Gasteiger partial charge in [-0.05, 0) is 23.8 Å². The highest BCUT2D eigenvalue weighted by Crippen LogP contribution is 2.24. The second-order valence-electron chi connectivity index (χ2n) is 5.14. The zero-order chi connectivity index (χ0) is 16.4. The van der Waals surface area contributed by atoms with E-state index in [4.69, 9.17) is 4.84 Å². The van der Waals surface area contributed by atoms with Gasteiger partial charge in [0.05, 0.1) is 19.2 Å². The predicted octanol–water partition coefficient (Wildman–Crippen LogP) is 3.48. The van der Waals surface area contributed by atoms with Crippen molar-refractivity contribution in [1.82, 2.24) is 14.8 Å². The summed E-state index contributed by atoms with van der Waals surface area (Å²) in [5, 5.41) is 6.49. The zero-order valence-electron chi connectivity index (χ0n) is 12.9. The smallest absolute Gasteiger partial charge is 0.274 e. The number of hydrogen-bond donors (Lipinski definition) is 0. The van der Waals surface area contributed by atoms with E-state index in [1.807, 2.05) is 53.2 Å². The van der Waals surface area contributed by atoms with Crippen molar-refractivity contribution in [3.8, 4) is 0 Å². The molecule has 0 aliphatic rings. The lowest BCUT2D eigenvalue weighted by atomic mass is 10.2. The van der Waals surface area contributed by atoms with Gasteiger partial charge in [-0.2, -0.15) is 5.10 Å². The lowest BCUT2D eigenvalue weighted by Crippen LogP contribution is -2.26. The van der Waals surface area contributed by atoms with Crippen molar-refractivity contribution in [1.29, 1.82) is 0 Å². The van der Waals surface area contributed by atoms with Crippen molar-refractivity contribution < 1.29 is 9.63 Å². The van der Waals surface area contributed by atoms with Crippen molar-refractivity contribution in [2.24, 2.45) is 0 Å².